The van der Waals surface area contributed by atoms with Crippen LogP contribution in [-0.2, 0) is 22.1 Å². The molecule has 90 valence electrons. The fraction of sp³-hybridized carbons (Fsp3) is 0.333. The maximum absolute atomic E-state index is 11.5. The lowest BCUT2D eigenvalue weighted by atomic mass is 10.2. The molecular formula is C9H11N5O2S. The largest absolute Gasteiger partial charge is 0.395 e. The van der Waals surface area contributed by atoms with Crippen molar-refractivity contribution >= 4 is 15.5 Å². The number of aryl methyl sites for hydroxylation is 1. The van der Waals surface area contributed by atoms with E-state index in [2.05, 4.69) is 15.3 Å². The van der Waals surface area contributed by atoms with Gasteiger partial charge in [-0.05, 0) is 6.07 Å². The number of nitrogens with zero attached hydrogens (tertiary/aromatic N) is 3. The van der Waals surface area contributed by atoms with Crippen LogP contribution >= 0.6 is 0 Å². The molecule has 0 bridgehead atoms. The summed E-state index contributed by atoms with van der Waals surface area (Å²) < 4.78 is 24.7. The summed E-state index contributed by atoms with van der Waals surface area (Å²) in [6.45, 7) is 0.357. The Kier molecular flexibility index (Phi) is 2.02. The van der Waals surface area contributed by atoms with Crippen LogP contribution in [0.5, 0.6) is 0 Å². The van der Waals surface area contributed by atoms with Crippen LogP contribution in [0.25, 0.3) is 11.4 Å². The molecule has 0 unspecified atom stereocenters. The fourth-order valence-electron chi connectivity index (χ4n) is 1.94. The molecule has 0 atom stereocenters. The third-order valence-corrected chi connectivity index (χ3v) is 4.34. The zero-order valence-corrected chi connectivity index (χ0v) is 9.74. The minimum atomic E-state index is -3.04. The third-order valence-electron chi connectivity index (χ3n) is 2.82. The van der Waals surface area contributed by atoms with Gasteiger partial charge in [-0.1, -0.05) is 0 Å². The average molecular weight is 253 g/mol. The number of nitrogens with two attached hydrogens (primary N) is 1. The van der Waals surface area contributed by atoms with Gasteiger partial charge in [0.2, 0.25) is 0 Å². The predicted octanol–water partition coefficient (Wildman–Crippen LogP) is -0.216. The van der Waals surface area contributed by atoms with Crippen LogP contribution in [0.2, 0.25) is 0 Å². The zero-order valence-electron chi connectivity index (χ0n) is 8.92. The Labute approximate surface area is 97.5 Å². The first-order valence-electron chi connectivity index (χ1n) is 5.12. The number of rotatable bonds is 1. The molecule has 0 spiro atoms. The van der Waals surface area contributed by atoms with Crippen LogP contribution in [0.1, 0.15) is 5.69 Å². The first-order chi connectivity index (χ1) is 8.07. The maximum Gasteiger partial charge on any atom is 0.157 e. The average Bonchev–Trinajstić information content (AvgIpc) is 2.87. The summed E-state index contributed by atoms with van der Waals surface area (Å²) in [6, 6.07) is 1.75. The quantitative estimate of drug-likeness (QED) is 0.731. The van der Waals surface area contributed by atoms with Gasteiger partial charge in [0, 0.05) is 6.20 Å². The monoisotopic (exact) mass is 253 g/mol. The Morgan fingerprint density at radius 3 is 3.00 bits per heavy atom. The summed E-state index contributed by atoms with van der Waals surface area (Å²) in [7, 11) is -3.04. The van der Waals surface area contributed by atoms with Crippen LogP contribution < -0.4 is 5.73 Å². The summed E-state index contributed by atoms with van der Waals surface area (Å²) in [5.41, 5.74) is 8.19. The summed E-state index contributed by atoms with van der Waals surface area (Å²) in [5.74, 6) is 0.0729. The topological polar surface area (TPSA) is 107 Å². The van der Waals surface area contributed by atoms with Gasteiger partial charge < -0.3 is 5.73 Å². The second-order valence-corrected chi connectivity index (χ2v) is 6.18. The first kappa shape index (κ1) is 10.3. The molecule has 3 N–H and O–H groups in total. The van der Waals surface area contributed by atoms with Crippen molar-refractivity contribution in [2.45, 2.75) is 12.3 Å². The highest BCUT2D eigenvalue weighted by Gasteiger charge is 2.27. The number of hydrogen-bond acceptors (Lipinski definition) is 5. The fourth-order valence-corrected chi connectivity index (χ4v) is 3.26. The summed E-state index contributed by atoms with van der Waals surface area (Å²) in [6.07, 6.45) is 1.60. The van der Waals surface area contributed by atoms with Crippen molar-refractivity contribution in [3.05, 3.63) is 18.0 Å². The SMILES string of the molecule is Nc1c(-c2ccn[nH]2)nn2c1CS(=O)(=O)CC2. The first-order valence-corrected chi connectivity index (χ1v) is 6.94. The van der Waals surface area contributed by atoms with Crippen LogP contribution in [0.15, 0.2) is 12.3 Å². The lowest BCUT2D eigenvalue weighted by Crippen LogP contribution is -2.24. The van der Waals surface area contributed by atoms with Crippen LogP contribution in [0.3, 0.4) is 0 Å². The van der Waals surface area contributed by atoms with E-state index in [1.54, 1.807) is 16.9 Å². The van der Waals surface area contributed by atoms with Gasteiger partial charge in [0.1, 0.15) is 5.69 Å². The molecule has 0 radical (unpaired) electrons. The zero-order chi connectivity index (χ0) is 12.0. The molecule has 0 fully saturated rings. The number of aromatic nitrogens is 4. The highest BCUT2D eigenvalue weighted by Crippen LogP contribution is 2.29. The van der Waals surface area contributed by atoms with E-state index < -0.39 is 9.84 Å². The van der Waals surface area contributed by atoms with E-state index in [9.17, 15) is 8.42 Å². The van der Waals surface area contributed by atoms with E-state index in [4.69, 9.17) is 5.73 Å². The minimum absolute atomic E-state index is 0.0417. The van der Waals surface area contributed by atoms with E-state index in [0.717, 1.165) is 0 Å². The number of hydrogen-bond donors (Lipinski definition) is 2. The van der Waals surface area contributed by atoms with Gasteiger partial charge in [0.25, 0.3) is 0 Å². The van der Waals surface area contributed by atoms with Gasteiger partial charge in [-0.2, -0.15) is 10.2 Å². The molecule has 0 aliphatic carbocycles. The van der Waals surface area contributed by atoms with E-state index in [-0.39, 0.29) is 11.5 Å². The van der Waals surface area contributed by atoms with Gasteiger partial charge in [-0.25, -0.2) is 8.42 Å². The van der Waals surface area contributed by atoms with Crippen molar-refractivity contribution in [2.24, 2.45) is 0 Å². The van der Waals surface area contributed by atoms with Crippen molar-refractivity contribution in [3.63, 3.8) is 0 Å². The van der Waals surface area contributed by atoms with Gasteiger partial charge in [0.15, 0.2) is 9.84 Å². The molecule has 17 heavy (non-hydrogen) atoms. The van der Waals surface area contributed by atoms with Gasteiger partial charge in [0.05, 0.1) is 35.1 Å². The van der Waals surface area contributed by atoms with Gasteiger partial charge in [-0.3, -0.25) is 9.78 Å². The van der Waals surface area contributed by atoms with Crippen LogP contribution in [0.4, 0.5) is 5.69 Å². The standard InChI is InChI=1S/C9H11N5O2S/c10-8-7-5-17(15,16)4-3-14(7)13-9(8)6-1-2-11-12-6/h1-2H,3-5,10H2,(H,11,12). The second-order valence-electron chi connectivity index (χ2n) is 3.99. The van der Waals surface area contributed by atoms with Gasteiger partial charge >= 0.3 is 0 Å². The van der Waals surface area contributed by atoms with E-state index in [1.807, 2.05) is 0 Å². The summed E-state index contributed by atoms with van der Waals surface area (Å²) in [4.78, 5) is 0. The van der Waals surface area contributed by atoms with Crippen LogP contribution in [0, 0.1) is 0 Å². The molecule has 3 heterocycles. The minimum Gasteiger partial charge on any atom is -0.395 e. The van der Waals surface area contributed by atoms with E-state index in [1.165, 1.54) is 0 Å². The van der Waals surface area contributed by atoms with Crippen molar-refractivity contribution in [2.75, 3.05) is 11.5 Å². The normalized spacial score (nSPS) is 17.9. The third kappa shape index (κ3) is 1.60. The molecule has 7 nitrogen and oxygen atoms in total. The molecule has 0 saturated carbocycles. The van der Waals surface area contributed by atoms with Crippen molar-refractivity contribution in [3.8, 4) is 11.4 Å². The number of aromatic amines is 1. The number of H-pyrrole nitrogens is 1. The highest BCUT2D eigenvalue weighted by atomic mass is 32.2. The van der Waals surface area contributed by atoms with E-state index in [0.29, 0.717) is 29.3 Å². The molecule has 1 aliphatic rings. The number of anilines is 1. The smallest absolute Gasteiger partial charge is 0.157 e. The summed E-state index contributed by atoms with van der Waals surface area (Å²) >= 11 is 0. The predicted molar refractivity (Wildman–Crippen MR) is 61.7 cm³/mol. The lowest BCUT2D eigenvalue weighted by molar-refractivity contribution is 0.556. The molecule has 0 saturated heterocycles. The molecule has 0 aromatic carbocycles. The summed E-state index contributed by atoms with van der Waals surface area (Å²) in [5, 5.41) is 10.9. The maximum atomic E-state index is 11.5. The molecule has 2 aromatic heterocycles. The number of nitrogens with one attached hydrogen (secondary N) is 1. The Morgan fingerprint density at radius 2 is 2.29 bits per heavy atom. The van der Waals surface area contributed by atoms with Crippen molar-refractivity contribution < 1.29 is 8.42 Å². The van der Waals surface area contributed by atoms with Crippen molar-refractivity contribution in [1.29, 1.82) is 0 Å². The number of sulfone groups is 1. The molecule has 1 aliphatic heterocycles. The van der Waals surface area contributed by atoms with E-state index >= 15 is 0 Å². The lowest BCUT2D eigenvalue weighted by Gasteiger charge is -2.13. The highest BCUT2D eigenvalue weighted by molar-refractivity contribution is 7.90. The molecule has 8 heteroatoms. The van der Waals surface area contributed by atoms with Crippen molar-refractivity contribution in [1.82, 2.24) is 20.0 Å². The Morgan fingerprint density at radius 1 is 1.47 bits per heavy atom. The number of fused-ring (bicyclic) bond motifs is 1. The Hall–Kier alpha value is -1.83. The van der Waals surface area contributed by atoms with Crippen LogP contribution in [-0.4, -0.2) is 34.1 Å². The van der Waals surface area contributed by atoms with Gasteiger partial charge in [-0.15, -0.1) is 0 Å². The second kappa shape index (κ2) is 3.33. The number of nitrogen functional groups attached to an aromatic ring is 1. The molecular weight excluding hydrogens is 242 g/mol. The molecule has 2 aromatic rings. The molecule has 0 amide bonds. The Balaban J connectivity index is 2.15. The Bertz CT molecular complexity index is 656. The molecule has 3 rings (SSSR count).